The van der Waals surface area contributed by atoms with Gasteiger partial charge in [-0.2, -0.15) is 4.72 Å². The van der Waals surface area contributed by atoms with Crippen LogP contribution in [0.3, 0.4) is 0 Å². The maximum absolute atomic E-state index is 12.7. The van der Waals surface area contributed by atoms with Crippen molar-refractivity contribution in [3.05, 3.63) is 29.8 Å². The van der Waals surface area contributed by atoms with Crippen molar-refractivity contribution in [1.82, 2.24) is 20.7 Å². The number of sulfonamides is 1. The summed E-state index contributed by atoms with van der Waals surface area (Å²) >= 11 is 0. The molecule has 1 heterocycles. The minimum atomic E-state index is -4.08. The SMILES string of the molecule is CCc1ccccc1S(=O)(=O)NC(CNC(=O)CCNC(=O)CCC1CCNCC1)C(=O)O. The molecule has 0 radical (unpaired) electrons. The number of nitrogens with one attached hydrogen (secondary N) is 4. The number of carboxylic acids is 1. The Labute approximate surface area is 195 Å². The Kier molecular flexibility index (Phi) is 10.8. The molecule has 1 aliphatic rings. The molecule has 33 heavy (non-hydrogen) atoms. The summed E-state index contributed by atoms with van der Waals surface area (Å²) in [5.74, 6) is -1.46. The third-order valence-electron chi connectivity index (χ3n) is 5.65. The maximum Gasteiger partial charge on any atom is 0.323 e. The summed E-state index contributed by atoms with van der Waals surface area (Å²) in [6.45, 7) is 3.47. The largest absolute Gasteiger partial charge is 0.480 e. The van der Waals surface area contributed by atoms with Crippen molar-refractivity contribution in [3.8, 4) is 0 Å². The highest BCUT2D eigenvalue weighted by Crippen LogP contribution is 2.17. The van der Waals surface area contributed by atoms with Gasteiger partial charge in [0.15, 0.2) is 0 Å². The maximum atomic E-state index is 12.7. The molecule has 1 atom stereocenters. The fourth-order valence-corrected chi connectivity index (χ4v) is 5.20. The van der Waals surface area contributed by atoms with Gasteiger partial charge in [0, 0.05) is 25.9 Å². The minimum Gasteiger partial charge on any atom is -0.480 e. The zero-order valence-corrected chi connectivity index (χ0v) is 19.7. The number of carboxylic acid groups (broad SMARTS) is 1. The number of carbonyl (C=O) groups is 3. The summed E-state index contributed by atoms with van der Waals surface area (Å²) in [4.78, 5) is 35.6. The van der Waals surface area contributed by atoms with Gasteiger partial charge in [0.2, 0.25) is 21.8 Å². The van der Waals surface area contributed by atoms with E-state index in [-0.39, 0.29) is 23.8 Å². The molecule has 184 valence electrons. The van der Waals surface area contributed by atoms with Crippen molar-refractivity contribution >= 4 is 27.8 Å². The Balaban J connectivity index is 1.75. The van der Waals surface area contributed by atoms with Gasteiger partial charge in [0.05, 0.1) is 4.90 Å². The van der Waals surface area contributed by atoms with Gasteiger partial charge in [-0.3, -0.25) is 14.4 Å². The molecule has 1 unspecified atom stereocenters. The molecule has 0 aliphatic carbocycles. The number of benzene rings is 1. The Morgan fingerprint density at radius 3 is 2.42 bits per heavy atom. The third-order valence-corrected chi connectivity index (χ3v) is 7.23. The van der Waals surface area contributed by atoms with Gasteiger partial charge >= 0.3 is 5.97 Å². The summed E-state index contributed by atoms with van der Waals surface area (Å²) in [5.41, 5.74) is 0.564. The first-order valence-electron chi connectivity index (χ1n) is 11.3. The van der Waals surface area contributed by atoms with Gasteiger partial charge in [0.1, 0.15) is 6.04 Å². The van der Waals surface area contributed by atoms with Gasteiger partial charge < -0.3 is 21.1 Å². The summed E-state index contributed by atoms with van der Waals surface area (Å²) in [5, 5.41) is 17.8. The minimum absolute atomic E-state index is 0.0114. The molecule has 0 aromatic heterocycles. The van der Waals surface area contributed by atoms with Crippen LogP contribution in [0.25, 0.3) is 0 Å². The van der Waals surface area contributed by atoms with Crippen LogP contribution in [-0.2, 0) is 30.8 Å². The van der Waals surface area contributed by atoms with Gasteiger partial charge in [-0.05, 0) is 56.3 Å². The van der Waals surface area contributed by atoms with E-state index in [2.05, 4.69) is 20.7 Å². The molecule has 2 amide bonds. The first-order chi connectivity index (χ1) is 15.7. The van der Waals surface area contributed by atoms with Crippen molar-refractivity contribution in [1.29, 1.82) is 0 Å². The van der Waals surface area contributed by atoms with E-state index in [0.29, 0.717) is 24.3 Å². The van der Waals surface area contributed by atoms with Crippen LogP contribution in [0.1, 0.15) is 44.6 Å². The van der Waals surface area contributed by atoms with Crippen LogP contribution in [0.4, 0.5) is 0 Å². The lowest BCUT2D eigenvalue weighted by atomic mass is 9.93. The number of piperidine rings is 1. The first-order valence-corrected chi connectivity index (χ1v) is 12.8. The predicted molar refractivity (Wildman–Crippen MR) is 123 cm³/mol. The van der Waals surface area contributed by atoms with Crippen LogP contribution < -0.4 is 20.7 Å². The molecule has 2 rings (SSSR count). The molecule has 0 spiro atoms. The highest BCUT2D eigenvalue weighted by Gasteiger charge is 2.27. The van der Waals surface area contributed by atoms with Crippen LogP contribution in [0, 0.1) is 5.92 Å². The van der Waals surface area contributed by atoms with E-state index in [1.807, 2.05) is 0 Å². The average Bonchev–Trinajstić information content (AvgIpc) is 2.80. The van der Waals surface area contributed by atoms with Crippen molar-refractivity contribution in [3.63, 3.8) is 0 Å². The number of carbonyl (C=O) groups excluding carboxylic acids is 2. The molecule has 1 fully saturated rings. The lowest BCUT2D eigenvalue weighted by Gasteiger charge is -2.22. The molecule has 0 saturated carbocycles. The normalized spacial score (nSPS) is 15.5. The second-order valence-corrected chi connectivity index (χ2v) is 9.79. The lowest BCUT2D eigenvalue weighted by molar-refractivity contribution is -0.138. The highest BCUT2D eigenvalue weighted by molar-refractivity contribution is 7.89. The molecule has 0 bridgehead atoms. The monoisotopic (exact) mass is 482 g/mol. The van der Waals surface area contributed by atoms with Crippen molar-refractivity contribution in [2.24, 2.45) is 5.92 Å². The van der Waals surface area contributed by atoms with Crippen LogP contribution in [-0.4, -0.2) is 63.5 Å². The third kappa shape index (κ3) is 9.10. The number of hydrogen-bond donors (Lipinski definition) is 5. The number of aryl methyl sites for hydroxylation is 1. The van der Waals surface area contributed by atoms with Crippen LogP contribution in [0.2, 0.25) is 0 Å². The van der Waals surface area contributed by atoms with Gasteiger partial charge in [0.25, 0.3) is 0 Å². The quantitative estimate of drug-likeness (QED) is 0.272. The Morgan fingerprint density at radius 1 is 1.09 bits per heavy atom. The average molecular weight is 483 g/mol. The van der Waals surface area contributed by atoms with E-state index in [1.165, 1.54) is 6.07 Å². The van der Waals surface area contributed by atoms with E-state index in [1.54, 1.807) is 25.1 Å². The highest BCUT2D eigenvalue weighted by atomic mass is 32.2. The Bertz CT molecular complexity index is 915. The summed E-state index contributed by atoms with van der Waals surface area (Å²) in [7, 11) is -4.08. The second-order valence-electron chi connectivity index (χ2n) is 8.11. The van der Waals surface area contributed by atoms with Crippen molar-refractivity contribution < 1.29 is 27.9 Å². The summed E-state index contributed by atoms with van der Waals surface area (Å²) in [6.07, 6.45) is 3.80. The van der Waals surface area contributed by atoms with E-state index in [0.717, 1.165) is 32.4 Å². The number of amides is 2. The summed E-state index contributed by atoms with van der Waals surface area (Å²) < 4.78 is 27.5. The van der Waals surface area contributed by atoms with Crippen molar-refractivity contribution in [2.75, 3.05) is 26.2 Å². The van der Waals surface area contributed by atoms with Crippen LogP contribution in [0.5, 0.6) is 0 Å². The molecule has 10 nitrogen and oxygen atoms in total. The smallest absolute Gasteiger partial charge is 0.323 e. The number of hydrogen-bond acceptors (Lipinski definition) is 6. The topological polar surface area (TPSA) is 154 Å². The van der Waals surface area contributed by atoms with E-state index in [9.17, 15) is 27.9 Å². The van der Waals surface area contributed by atoms with Crippen molar-refractivity contribution in [2.45, 2.75) is 56.4 Å². The first kappa shape index (κ1) is 26.7. The number of aliphatic carboxylic acids is 1. The fourth-order valence-electron chi connectivity index (χ4n) is 3.70. The molecule has 1 aromatic carbocycles. The van der Waals surface area contributed by atoms with Gasteiger partial charge in [-0.25, -0.2) is 8.42 Å². The number of rotatable bonds is 13. The Hall–Kier alpha value is -2.50. The Morgan fingerprint density at radius 2 is 1.76 bits per heavy atom. The zero-order chi connectivity index (χ0) is 24.3. The molecule has 1 aliphatic heterocycles. The second kappa shape index (κ2) is 13.3. The van der Waals surface area contributed by atoms with Gasteiger partial charge in [-0.1, -0.05) is 25.1 Å². The van der Waals surface area contributed by atoms with Gasteiger partial charge in [-0.15, -0.1) is 0 Å². The standard InChI is InChI=1S/C22H34N4O6S/c1-2-17-5-3-4-6-19(17)33(31,32)26-18(22(29)30)15-25-21(28)11-14-24-20(27)8-7-16-9-12-23-13-10-16/h3-6,16,18,23,26H,2,7-15H2,1H3,(H,24,27)(H,25,28)(H,29,30). The lowest BCUT2D eigenvalue weighted by Crippen LogP contribution is -2.48. The van der Waals surface area contributed by atoms with E-state index >= 15 is 0 Å². The van der Waals surface area contributed by atoms with E-state index in [4.69, 9.17) is 0 Å². The van der Waals surface area contributed by atoms with E-state index < -0.39 is 34.5 Å². The van der Waals surface area contributed by atoms with Crippen LogP contribution >= 0.6 is 0 Å². The molecule has 1 saturated heterocycles. The van der Waals surface area contributed by atoms with Crippen LogP contribution in [0.15, 0.2) is 29.2 Å². The predicted octanol–water partition coefficient (Wildman–Crippen LogP) is 0.383. The molecular weight excluding hydrogens is 448 g/mol. The zero-order valence-electron chi connectivity index (χ0n) is 18.9. The summed E-state index contributed by atoms with van der Waals surface area (Å²) in [6, 6.07) is 4.81. The molecule has 5 N–H and O–H groups in total. The molecule has 1 aromatic rings. The molecule has 11 heteroatoms. The molecular formula is C22H34N4O6S. The fraction of sp³-hybridized carbons (Fsp3) is 0.591.